The van der Waals surface area contributed by atoms with Crippen LogP contribution in [0.5, 0.6) is 0 Å². The quantitative estimate of drug-likeness (QED) is 0.860. The minimum Gasteiger partial charge on any atom is -0.443 e. The van der Waals surface area contributed by atoms with E-state index in [2.05, 4.69) is 4.72 Å². The molecule has 0 saturated carbocycles. The van der Waals surface area contributed by atoms with Gasteiger partial charge in [0, 0.05) is 11.6 Å². The van der Waals surface area contributed by atoms with Crippen molar-refractivity contribution in [1.29, 1.82) is 0 Å². The Kier molecular flexibility index (Phi) is 4.94. The molecular weight excluding hydrogens is 371 g/mol. The molecule has 1 fully saturated rings. The molecule has 1 N–H and O–H groups in total. The van der Waals surface area contributed by atoms with E-state index in [1.165, 1.54) is 41.3 Å². The third-order valence-electron chi connectivity index (χ3n) is 3.60. The number of hydrogen-bond acceptors (Lipinski definition) is 4. The summed E-state index contributed by atoms with van der Waals surface area (Å²) < 4.78 is 45.3. The van der Waals surface area contributed by atoms with E-state index >= 15 is 0 Å². The van der Waals surface area contributed by atoms with Crippen LogP contribution in [-0.2, 0) is 14.8 Å². The van der Waals surface area contributed by atoms with Gasteiger partial charge in [0.2, 0.25) is 10.0 Å². The molecule has 0 bridgehead atoms. The zero-order valence-corrected chi connectivity index (χ0v) is 14.4. The van der Waals surface area contributed by atoms with Gasteiger partial charge in [0.05, 0.1) is 17.1 Å². The summed E-state index contributed by atoms with van der Waals surface area (Å²) in [6.45, 7) is 0.00670. The Morgan fingerprint density at radius 2 is 2.00 bits per heavy atom. The van der Waals surface area contributed by atoms with Crippen LogP contribution in [0.4, 0.5) is 14.9 Å². The predicted octanol–water partition coefficient (Wildman–Crippen LogP) is 2.78. The highest BCUT2D eigenvalue weighted by Gasteiger charge is 2.33. The van der Waals surface area contributed by atoms with Gasteiger partial charge >= 0.3 is 6.09 Å². The van der Waals surface area contributed by atoms with E-state index in [1.54, 1.807) is 12.1 Å². The lowest BCUT2D eigenvalue weighted by molar-refractivity contribution is 0.143. The second-order valence-electron chi connectivity index (χ2n) is 5.41. The monoisotopic (exact) mass is 384 g/mol. The topological polar surface area (TPSA) is 75.7 Å². The summed E-state index contributed by atoms with van der Waals surface area (Å²) in [6, 6.07) is 11.4. The van der Waals surface area contributed by atoms with Crippen LogP contribution in [0.2, 0.25) is 5.02 Å². The molecule has 9 heteroatoms. The Bertz CT molecular complexity index is 907. The fourth-order valence-corrected chi connectivity index (χ4v) is 3.77. The number of benzene rings is 2. The van der Waals surface area contributed by atoms with Crippen LogP contribution in [0.3, 0.4) is 0 Å². The van der Waals surface area contributed by atoms with E-state index in [-0.39, 0.29) is 18.0 Å². The highest BCUT2D eigenvalue weighted by atomic mass is 35.5. The Hall–Kier alpha value is -2.16. The highest BCUT2D eigenvalue weighted by Crippen LogP contribution is 2.22. The molecule has 6 nitrogen and oxygen atoms in total. The van der Waals surface area contributed by atoms with Crippen molar-refractivity contribution in [3.63, 3.8) is 0 Å². The number of halogens is 2. The Morgan fingerprint density at radius 3 is 2.72 bits per heavy atom. The number of anilines is 1. The second-order valence-corrected chi connectivity index (χ2v) is 7.61. The zero-order valence-electron chi connectivity index (χ0n) is 12.9. The van der Waals surface area contributed by atoms with E-state index in [4.69, 9.17) is 16.3 Å². The zero-order chi connectivity index (χ0) is 18.0. The highest BCUT2D eigenvalue weighted by molar-refractivity contribution is 7.89. The first-order valence-corrected chi connectivity index (χ1v) is 9.20. The van der Waals surface area contributed by atoms with Gasteiger partial charge in [0.25, 0.3) is 0 Å². The number of amides is 1. The molecule has 0 spiro atoms. The van der Waals surface area contributed by atoms with Gasteiger partial charge in [0.1, 0.15) is 11.9 Å². The maximum absolute atomic E-state index is 13.3. The van der Waals surface area contributed by atoms with Gasteiger partial charge in [0.15, 0.2) is 0 Å². The second kappa shape index (κ2) is 6.99. The lowest BCUT2D eigenvalue weighted by Crippen LogP contribution is -2.34. The molecule has 1 atom stereocenters. The average molecular weight is 385 g/mol. The van der Waals surface area contributed by atoms with E-state index in [0.717, 1.165) is 0 Å². The number of nitrogens with zero attached hydrogens (tertiary/aromatic N) is 1. The molecule has 2 aromatic carbocycles. The molecule has 1 unspecified atom stereocenters. The third-order valence-corrected chi connectivity index (χ3v) is 5.26. The standard InChI is InChI=1S/C16H14ClFN2O4S/c17-11-3-1-6-15(7-11)25(22,23)19-9-14-10-20(16(21)24-14)13-5-2-4-12(18)8-13/h1-8,14,19H,9-10H2. The summed E-state index contributed by atoms with van der Waals surface area (Å²) in [6.07, 6.45) is -1.35. The van der Waals surface area contributed by atoms with Gasteiger partial charge < -0.3 is 4.74 Å². The van der Waals surface area contributed by atoms with Gasteiger partial charge in [-0.3, -0.25) is 4.90 Å². The van der Waals surface area contributed by atoms with Gasteiger partial charge in [-0.25, -0.2) is 22.3 Å². The van der Waals surface area contributed by atoms with Crippen molar-refractivity contribution in [3.05, 3.63) is 59.4 Å². The number of carbonyl (C=O) groups excluding carboxylic acids is 1. The van der Waals surface area contributed by atoms with Crippen molar-refractivity contribution >= 4 is 33.4 Å². The lowest BCUT2D eigenvalue weighted by atomic mass is 10.2. The van der Waals surface area contributed by atoms with E-state index < -0.39 is 28.0 Å². The van der Waals surface area contributed by atoms with Crippen LogP contribution in [0.1, 0.15) is 0 Å². The van der Waals surface area contributed by atoms with Crippen LogP contribution in [0.25, 0.3) is 0 Å². The lowest BCUT2D eigenvalue weighted by Gasteiger charge is -2.13. The molecule has 1 heterocycles. The van der Waals surface area contributed by atoms with Crippen LogP contribution in [0.15, 0.2) is 53.4 Å². The Morgan fingerprint density at radius 1 is 1.24 bits per heavy atom. The van der Waals surface area contributed by atoms with Crippen molar-refractivity contribution in [2.24, 2.45) is 0 Å². The molecule has 0 aliphatic carbocycles. The summed E-state index contributed by atoms with van der Waals surface area (Å²) in [7, 11) is -3.78. The molecular formula is C16H14ClFN2O4S. The van der Waals surface area contributed by atoms with Crippen molar-refractivity contribution in [1.82, 2.24) is 4.72 Å². The minimum absolute atomic E-state index is 0.0197. The van der Waals surface area contributed by atoms with Crippen molar-refractivity contribution < 1.29 is 22.3 Å². The van der Waals surface area contributed by atoms with Crippen molar-refractivity contribution in [3.8, 4) is 0 Å². The number of sulfonamides is 1. The number of ether oxygens (including phenoxy) is 1. The third kappa shape index (κ3) is 4.09. The molecule has 1 aliphatic rings. The summed E-state index contributed by atoms with van der Waals surface area (Å²) in [5.74, 6) is -0.476. The smallest absolute Gasteiger partial charge is 0.414 e. The van der Waals surface area contributed by atoms with E-state index in [0.29, 0.717) is 10.7 Å². The number of nitrogens with one attached hydrogen (secondary N) is 1. The van der Waals surface area contributed by atoms with Crippen LogP contribution >= 0.6 is 11.6 Å². The normalized spacial score (nSPS) is 17.6. The summed E-state index contributed by atoms with van der Waals surface area (Å²) in [5.41, 5.74) is 0.352. The fourth-order valence-electron chi connectivity index (χ4n) is 2.40. The van der Waals surface area contributed by atoms with Gasteiger partial charge in [-0.15, -0.1) is 0 Å². The molecule has 132 valence electrons. The van der Waals surface area contributed by atoms with E-state index in [1.807, 2.05) is 0 Å². The van der Waals surface area contributed by atoms with Gasteiger partial charge in [-0.2, -0.15) is 0 Å². The summed E-state index contributed by atoms with van der Waals surface area (Å²) in [4.78, 5) is 13.2. The maximum Gasteiger partial charge on any atom is 0.414 e. The SMILES string of the molecule is O=C1OC(CNS(=O)(=O)c2cccc(Cl)c2)CN1c1cccc(F)c1. The Balaban J connectivity index is 1.66. The summed E-state index contributed by atoms with van der Waals surface area (Å²) >= 11 is 5.80. The number of hydrogen-bond donors (Lipinski definition) is 1. The predicted molar refractivity (Wildman–Crippen MR) is 90.7 cm³/mol. The molecule has 0 radical (unpaired) electrons. The van der Waals surface area contributed by atoms with Crippen molar-refractivity contribution in [2.75, 3.05) is 18.0 Å². The largest absolute Gasteiger partial charge is 0.443 e. The molecule has 25 heavy (non-hydrogen) atoms. The van der Waals surface area contributed by atoms with Gasteiger partial charge in [-0.1, -0.05) is 23.7 Å². The number of carbonyl (C=O) groups is 1. The summed E-state index contributed by atoms with van der Waals surface area (Å²) in [5, 5.41) is 0.299. The molecule has 2 aromatic rings. The first-order valence-electron chi connectivity index (χ1n) is 7.34. The van der Waals surface area contributed by atoms with E-state index in [9.17, 15) is 17.6 Å². The number of rotatable bonds is 5. The minimum atomic E-state index is -3.78. The maximum atomic E-state index is 13.3. The van der Waals surface area contributed by atoms with Crippen LogP contribution < -0.4 is 9.62 Å². The molecule has 3 rings (SSSR count). The Labute approximate surface area is 149 Å². The number of cyclic esters (lactones) is 1. The molecule has 0 aromatic heterocycles. The molecule has 1 amide bonds. The van der Waals surface area contributed by atoms with Crippen molar-refractivity contribution in [2.45, 2.75) is 11.0 Å². The average Bonchev–Trinajstić information content (AvgIpc) is 2.94. The molecule has 1 aliphatic heterocycles. The first kappa shape index (κ1) is 17.7. The molecule has 1 saturated heterocycles. The first-order chi connectivity index (χ1) is 11.8. The van der Waals surface area contributed by atoms with Crippen LogP contribution in [0, 0.1) is 5.82 Å². The fraction of sp³-hybridized carbons (Fsp3) is 0.188. The van der Waals surface area contributed by atoms with Crippen LogP contribution in [-0.4, -0.2) is 33.7 Å². The van der Waals surface area contributed by atoms with Gasteiger partial charge in [-0.05, 0) is 36.4 Å².